The first kappa shape index (κ1) is 19.1. The summed E-state index contributed by atoms with van der Waals surface area (Å²) >= 11 is 0. The van der Waals surface area contributed by atoms with Gasteiger partial charge in [0.25, 0.3) is 0 Å². The molecule has 0 unspecified atom stereocenters. The van der Waals surface area contributed by atoms with Gasteiger partial charge in [0.15, 0.2) is 0 Å². The molecule has 1 aliphatic carbocycles. The Hall–Kier alpha value is -2.24. The van der Waals surface area contributed by atoms with Gasteiger partial charge in [-0.15, -0.1) is 0 Å². The van der Waals surface area contributed by atoms with Crippen molar-refractivity contribution in [3.05, 3.63) is 36.0 Å². The first-order chi connectivity index (χ1) is 13.7. The number of amides is 1. The number of likely N-dealkylation sites (tertiary alicyclic amines) is 1. The Balaban J connectivity index is 1.34. The summed E-state index contributed by atoms with van der Waals surface area (Å²) in [5, 5.41) is 4.05. The average molecular weight is 385 g/mol. The number of aromatic nitrogens is 2. The minimum Gasteiger partial charge on any atom is -0.342 e. The zero-order chi connectivity index (χ0) is 19.3. The van der Waals surface area contributed by atoms with Crippen LogP contribution in [0.4, 0.5) is 4.39 Å². The molecule has 1 amide bonds. The second-order valence-corrected chi connectivity index (χ2v) is 8.18. The number of benzene rings is 1. The quantitative estimate of drug-likeness (QED) is 0.731. The van der Waals surface area contributed by atoms with Gasteiger partial charge >= 0.3 is 0 Å². The summed E-state index contributed by atoms with van der Waals surface area (Å²) in [6.45, 7) is 1.47. The molecule has 0 N–H and O–H groups in total. The highest BCUT2D eigenvalue weighted by Gasteiger charge is 2.29. The minimum absolute atomic E-state index is 0.0779. The van der Waals surface area contributed by atoms with Gasteiger partial charge < -0.3 is 9.42 Å². The number of carbonyl (C=O) groups is 1. The van der Waals surface area contributed by atoms with Crippen molar-refractivity contribution < 1.29 is 13.7 Å². The van der Waals surface area contributed by atoms with Gasteiger partial charge in [0.1, 0.15) is 5.82 Å². The maximum Gasteiger partial charge on any atom is 0.231 e. The van der Waals surface area contributed by atoms with Crippen LogP contribution in [0.5, 0.6) is 0 Å². The predicted octanol–water partition coefficient (Wildman–Crippen LogP) is 4.94. The highest BCUT2D eigenvalue weighted by atomic mass is 19.1. The highest BCUT2D eigenvalue weighted by Crippen LogP contribution is 2.30. The molecule has 1 saturated heterocycles. The second kappa shape index (κ2) is 8.84. The molecule has 2 heterocycles. The number of carbonyl (C=O) groups excluding carboxylic acids is 1. The summed E-state index contributed by atoms with van der Waals surface area (Å²) in [5.41, 5.74) is 0.729. The lowest BCUT2D eigenvalue weighted by Crippen LogP contribution is -2.39. The van der Waals surface area contributed by atoms with Crippen LogP contribution in [0.1, 0.15) is 69.6 Å². The fourth-order valence-electron chi connectivity index (χ4n) is 4.48. The van der Waals surface area contributed by atoms with Crippen molar-refractivity contribution in [1.29, 1.82) is 0 Å². The van der Waals surface area contributed by atoms with E-state index in [9.17, 15) is 9.18 Å². The van der Waals surface area contributed by atoms with Crippen molar-refractivity contribution in [2.24, 2.45) is 5.92 Å². The molecule has 2 aliphatic rings. The van der Waals surface area contributed by atoms with E-state index in [1.165, 1.54) is 44.2 Å². The molecule has 6 heteroatoms. The summed E-state index contributed by atoms with van der Waals surface area (Å²) in [6.07, 6.45) is 10.1. The van der Waals surface area contributed by atoms with Crippen LogP contribution in [0.3, 0.4) is 0 Å². The summed E-state index contributed by atoms with van der Waals surface area (Å²) in [5.74, 6) is 1.82. The second-order valence-electron chi connectivity index (χ2n) is 8.18. The first-order valence-corrected chi connectivity index (χ1v) is 10.6. The maximum absolute atomic E-state index is 13.1. The van der Waals surface area contributed by atoms with Crippen LogP contribution in [-0.4, -0.2) is 34.0 Å². The summed E-state index contributed by atoms with van der Waals surface area (Å²) in [7, 11) is 0. The number of halogens is 1. The van der Waals surface area contributed by atoms with Crippen LogP contribution in [0.2, 0.25) is 0 Å². The van der Waals surface area contributed by atoms with E-state index >= 15 is 0 Å². The third-order valence-electron chi connectivity index (χ3n) is 6.16. The van der Waals surface area contributed by atoms with Gasteiger partial charge in [0.2, 0.25) is 17.6 Å². The molecular weight excluding hydrogens is 357 g/mol. The van der Waals surface area contributed by atoms with E-state index < -0.39 is 0 Å². The molecule has 1 aromatic heterocycles. The zero-order valence-electron chi connectivity index (χ0n) is 16.3. The van der Waals surface area contributed by atoms with Crippen molar-refractivity contribution >= 4 is 5.91 Å². The van der Waals surface area contributed by atoms with E-state index in [0.717, 1.165) is 37.3 Å². The number of nitrogens with zero attached hydrogens (tertiary/aromatic N) is 3. The Bertz CT molecular complexity index is 783. The molecule has 0 radical (unpaired) electrons. The summed E-state index contributed by atoms with van der Waals surface area (Å²) in [4.78, 5) is 19.2. The van der Waals surface area contributed by atoms with E-state index in [-0.39, 0.29) is 17.6 Å². The fraction of sp³-hybridized carbons (Fsp3) is 0.591. The lowest BCUT2D eigenvalue weighted by molar-refractivity contribution is -0.132. The van der Waals surface area contributed by atoms with Gasteiger partial charge in [-0.2, -0.15) is 4.98 Å². The Labute approximate surface area is 165 Å². The Morgan fingerprint density at radius 1 is 1.11 bits per heavy atom. The maximum atomic E-state index is 13.1. The van der Waals surface area contributed by atoms with E-state index in [4.69, 9.17) is 4.52 Å². The normalized spacial score (nSPS) is 21.0. The number of hydrogen-bond acceptors (Lipinski definition) is 4. The van der Waals surface area contributed by atoms with Gasteiger partial charge in [-0.1, -0.05) is 37.3 Å². The zero-order valence-corrected chi connectivity index (χ0v) is 16.3. The van der Waals surface area contributed by atoms with E-state index in [1.807, 2.05) is 4.90 Å². The van der Waals surface area contributed by atoms with Gasteiger partial charge in [-0.05, 0) is 49.4 Å². The van der Waals surface area contributed by atoms with Crippen LogP contribution in [0.25, 0.3) is 11.4 Å². The molecule has 0 bridgehead atoms. The first-order valence-electron chi connectivity index (χ1n) is 10.6. The monoisotopic (exact) mass is 385 g/mol. The lowest BCUT2D eigenvalue weighted by atomic mass is 9.86. The van der Waals surface area contributed by atoms with Crippen molar-refractivity contribution in [3.63, 3.8) is 0 Å². The topological polar surface area (TPSA) is 59.2 Å². The standard InChI is InChI=1S/C22H28FN3O2/c23-19-11-9-17(10-12-19)21-24-22(28-25-21)18-7-4-14-26(15-18)20(27)13-8-16-5-2-1-3-6-16/h9-12,16,18H,1-8,13-15H2/t18-/m1/s1. The summed E-state index contributed by atoms with van der Waals surface area (Å²) < 4.78 is 18.6. The predicted molar refractivity (Wildman–Crippen MR) is 104 cm³/mol. The molecule has 28 heavy (non-hydrogen) atoms. The molecule has 2 aromatic rings. The van der Waals surface area contributed by atoms with Crippen LogP contribution >= 0.6 is 0 Å². The molecule has 2 fully saturated rings. The van der Waals surface area contributed by atoms with Gasteiger partial charge in [0.05, 0.1) is 5.92 Å². The van der Waals surface area contributed by atoms with E-state index in [2.05, 4.69) is 10.1 Å². The minimum atomic E-state index is -0.290. The fourth-order valence-corrected chi connectivity index (χ4v) is 4.48. The third-order valence-corrected chi connectivity index (χ3v) is 6.16. The van der Waals surface area contributed by atoms with Crippen LogP contribution in [0, 0.1) is 11.7 Å². The molecule has 1 saturated carbocycles. The molecule has 0 spiro atoms. The largest absolute Gasteiger partial charge is 0.342 e. The number of hydrogen-bond donors (Lipinski definition) is 0. The van der Waals surface area contributed by atoms with E-state index in [0.29, 0.717) is 24.7 Å². The van der Waals surface area contributed by atoms with Crippen molar-refractivity contribution in [3.8, 4) is 11.4 Å². The molecule has 150 valence electrons. The Kier molecular flexibility index (Phi) is 6.03. The van der Waals surface area contributed by atoms with Crippen LogP contribution in [-0.2, 0) is 4.79 Å². The highest BCUT2D eigenvalue weighted by molar-refractivity contribution is 5.76. The van der Waals surface area contributed by atoms with E-state index in [1.54, 1.807) is 12.1 Å². The Morgan fingerprint density at radius 2 is 1.89 bits per heavy atom. The summed E-state index contributed by atoms with van der Waals surface area (Å²) in [6, 6.07) is 6.06. The van der Waals surface area contributed by atoms with Gasteiger partial charge in [0, 0.05) is 25.1 Å². The smallest absolute Gasteiger partial charge is 0.231 e. The molecular formula is C22H28FN3O2. The average Bonchev–Trinajstić information content (AvgIpc) is 3.24. The molecule has 4 rings (SSSR count). The van der Waals surface area contributed by atoms with Crippen LogP contribution < -0.4 is 0 Å². The third kappa shape index (κ3) is 4.59. The molecule has 5 nitrogen and oxygen atoms in total. The number of rotatable bonds is 5. The van der Waals surface area contributed by atoms with Crippen molar-refractivity contribution in [2.45, 2.75) is 63.7 Å². The van der Waals surface area contributed by atoms with Crippen molar-refractivity contribution in [2.75, 3.05) is 13.1 Å². The van der Waals surface area contributed by atoms with Gasteiger partial charge in [-0.3, -0.25) is 4.79 Å². The van der Waals surface area contributed by atoms with Gasteiger partial charge in [-0.25, -0.2) is 4.39 Å². The molecule has 1 aliphatic heterocycles. The van der Waals surface area contributed by atoms with Crippen LogP contribution in [0.15, 0.2) is 28.8 Å². The Morgan fingerprint density at radius 3 is 2.68 bits per heavy atom. The lowest BCUT2D eigenvalue weighted by Gasteiger charge is -2.31. The molecule has 1 atom stereocenters. The SMILES string of the molecule is O=C(CCC1CCCCC1)N1CCC[C@@H](c2nc(-c3ccc(F)cc3)no2)C1. The number of piperidine rings is 1. The molecule has 1 aromatic carbocycles. The van der Waals surface area contributed by atoms with Crippen molar-refractivity contribution in [1.82, 2.24) is 15.0 Å².